The molecule has 200 valence electrons. The van der Waals surface area contributed by atoms with Crippen molar-refractivity contribution in [2.75, 3.05) is 10.6 Å². The molecule has 0 atom stereocenters. The molecule has 0 aliphatic heterocycles. The van der Waals surface area contributed by atoms with Crippen molar-refractivity contribution >= 4 is 28.7 Å². The molecule has 3 aromatic heterocycles. The highest BCUT2D eigenvalue weighted by Gasteiger charge is 2.22. The number of pyridine rings is 1. The summed E-state index contributed by atoms with van der Waals surface area (Å²) in [5.74, 6) is -0.757. The molecule has 0 unspecified atom stereocenters. The third kappa shape index (κ3) is 5.28. The minimum absolute atomic E-state index is 0.0157. The largest absolute Gasteiger partial charge is 0.327 e. The Morgan fingerprint density at radius 3 is 2.56 bits per heavy atom. The van der Waals surface area contributed by atoms with Gasteiger partial charge in [-0.3, -0.25) is 14.9 Å². The second kappa shape index (κ2) is 9.82. The molecule has 0 spiro atoms. The van der Waals surface area contributed by atoms with Crippen molar-refractivity contribution in [1.29, 1.82) is 0 Å². The van der Waals surface area contributed by atoms with Crippen LogP contribution in [0, 0.1) is 11.6 Å². The molecular formula is C28H27F2N7O2. The Morgan fingerprint density at radius 2 is 1.85 bits per heavy atom. The maximum Gasteiger partial charge on any atom is 0.327 e. The number of hydrogen-bond acceptors (Lipinski definition) is 4. The Balaban J connectivity index is 1.36. The normalized spacial score (nSPS) is 11.6. The van der Waals surface area contributed by atoms with Gasteiger partial charge in [-0.25, -0.2) is 28.0 Å². The molecule has 0 saturated carbocycles. The van der Waals surface area contributed by atoms with E-state index in [0.717, 1.165) is 5.56 Å². The number of aryl methyl sites for hydroxylation is 1. The van der Waals surface area contributed by atoms with Crippen molar-refractivity contribution in [3.05, 3.63) is 99.7 Å². The molecule has 5 aromatic rings. The van der Waals surface area contributed by atoms with Crippen LogP contribution in [0.25, 0.3) is 16.9 Å². The lowest BCUT2D eigenvalue weighted by Crippen LogP contribution is -2.22. The third-order valence-corrected chi connectivity index (χ3v) is 6.32. The first-order valence-corrected chi connectivity index (χ1v) is 12.2. The van der Waals surface area contributed by atoms with Crippen molar-refractivity contribution in [3.63, 3.8) is 0 Å². The van der Waals surface area contributed by atoms with Crippen LogP contribution < -0.4 is 16.3 Å². The van der Waals surface area contributed by atoms with E-state index in [0.29, 0.717) is 40.3 Å². The van der Waals surface area contributed by atoms with Gasteiger partial charge in [0.2, 0.25) is 0 Å². The van der Waals surface area contributed by atoms with Crippen LogP contribution in [0.2, 0.25) is 0 Å². The Hall–Kier alpha value is -4.80. The summed E-state index contributed by atoms with van der Waals surface area (Å²) in [6.45, 7) is 5.91. The minimum Gasteiger partial charge on any atom is -0.305 e. The maximum atomic E-state index is 15.0. The highest BCUT2D eigenvalue weighted by atomic mass is 19.1. The Kier molecular flexibility index (Phi) is 6.51. The van der Waals surface area contributed by atoms with Crippen LogP contribution in [0.1, 0.15) is 37.6 Å². The molecule has 0 saturated heterocycles. The van der Waals surface area contributed by atoms with Crippen LogP contribution in [-0.4, -0.2) is 30.3 Å². The molecule has 2 aromatic carbocycles. The molecule has 0 bridgehead atoms. The van der Waals surface area contributed by atoms with Gasteiger partial charge in [0, 0.05) is 24.7 Å². The van der Waals surface area contributed by atoms with E-state index in [2.05, 4.69) is 25.7 Å². The number of H-pyrrole nitrogens is 1. The minimum atomic E-state index is -0.683. The summed E-state index contributed by atoms with van der Waals surface area (Å²) in [6, 6.07) is 13.2. The highest BCUT2D eigenvalue weighted by molar-refractivity contribution is 5.99. The predicted molar refractivity (Wildman–Crippen MR) is 145 cm³/mol. The average Bonchev–Trinajstić information content (AvgIpc) is 3.42. The van der Waals surface area contributed by atoms with Crippen LogP contribution >= 0.6 is 0 Å². The Bertz CT molecular complexity index is 1760. The first-order valence-electron chi connectivity index (χ1n) is 12.2. The monoisotopic (exact) mass is 531 g/mol. The molecule has 9 nitrogen and oxygen atoms in total. The van der Waals surface area contributed by atoms with Crippen molar-refractivity contribution < 1.29 is 13.6 Å². The molecule has 0 aliphatic rings. The first kappa shape index (κ1) is 25.8. The number of carbonyl (C=O) groups is 1. The Labute approximate surface area is 222 Å². The summed E-state index contributed by atoms with van der Waals surface area (Å²) in [6.07, 6.45) is 1.94. The van der Waals surface area contributed by atoms with E-state index in [-0.39, 0.29) is 16.8 Å². The lowest BCUT2D eigenvalue weighted by molar-refractivity contribution is 0.262. The number of hydrogen-bond donors (Lipinski definition) is 3. The summed E-state index contributed by atoms with van der Waals surface area (Å²) in [5.41, 5.74) is 3.05. The van der Waals surface area contributed by atoms with Gasteiger partial charge in [-0.2, -0.15) is 5.10 Å². The molecule has 0 radical (unpaired) electrons. The zero-order valence-electron chi connectivity index (χ0n) is 21.8. The van der Waals surface area contributed by atoms with E-state index in [1.807, 2.05) is 20.8 Å². The Morgan fingerprint density at radius 1 is 1.05 bits per heavy atom. The SMILES string of the molecule is Cn1c(=O)[nH]c2nccc(Cc3ccc(NC(=O)Nc4cc(C(C)(C)C)nn4-c4cccc(F)c4)c(F)c3)c21. The summed E-state index contributed by atoms with van der Waals surface area (Å²) in [7, 11) is 1.64. The number of aromatic amines is 1. The lowest BCUT2D eigenvalue weighted by Gasteiger charge is -2.14. The first-order chi connectivity index (χ1) is 18.5. The van der Waals surface area contributed by atoms with Crippen LogP contribution in [0.15, 0.2) is 65.6 Å². The maximum absolute atomic E-state index is 15.0. The molecular weight excluding hydrogens is 504 g/mol. The van der Waals surface area contributed by atoms with E-state index in [1.165, 1.54) is 33.5 Å². The average molecular weight is 532 g/mol. The molecule has 0 fully saturated rings. The van der Waals surface area contributed by atoms with Crippen LogP contribution in [0.3, 0.4) is 0 Å². The zero-order valence-corrected chi connectivity index (χ0v) is 21.8. The molecule has 0 aliphatic carbocycles. The van der Waals surface area contributed by atoms with Crippen LogP contribution in [0.4, 0.5) is 25.1 Å². The number of imidazole rings is 1. The summed E-state index contributed by atoms with van der Waals surface area (Å²) in [4.78, 5) is 31.7. The molecule has 2 amide bonds. The fourth-order valence-corrected chi connectivity index (χ4v) is 4.29. The zero-order chi connectivity index (χ0) is 27.9. The number of benzene rings is 2. The fourth-order valence-electron chi connectivity index (χ4n) is 4.29. The second-order valence-corrected chi connectivity index (χ2v) is 10.3. The van der Waals surface area contributed by atoms with Crippen molar-refractivity contribution in [3.8, 4) is 5.69 Å². The number of carbonyl (C=O) groups excluding carboxylic acids is 1. The molecule has 11 heteroatoms. The molecule has 3 N–H and O–H groups in total. The number of anilines is 2. The van der Waals surface area contributed by atoms with Gasteiger partial charge >= 0.3 is 11.7 Å². The summed E-state index contributed by atoms with van der Waals surface area (Å²) < 4.78 is 31.8. The molecule has 3 heterocycles. The number of aromatic nitrogens is 5. The van der Waals surface area contributed by atoms with Crippen molar-refractivity contribution in [1.82, 2.24) is 24.3 Å². The van der Waals surface area contributed by atoms with Gasteiger partial charge in [0.25, 0.3) is 0 Å². The number of fused-ring (bicyclic) bond motifs is 1. The number of urea groups is 1. The van der Waals surface area contributed by atoms with E-state index < -0.39 is 17.7 Å². The van der Waals surface area contributed by atoms with E-state index in [1.54, 1.807) is 43.6 Å². The van der Waals surface area contributed by atoms with E-state index >= 15 is 4.39 Å². The fraction of sp³-hybridized carbons (Fsp3) is 0.214. The van der Waals surface area contributed by atoms with Gasteiger partial charge in [-0.1, -0.05) is 32.9 Å². The lowest BCUT2D eigenvalue weighted by atomic mass is 9.92. The van der Waals surface area contributed by atoms with Gasteiger partial charge in [0.1, 0.15) is 17.5 Å². The van der Waals surface area contributed by atoms with E-state index in [9.17, 15) is 14.0 Å². The van der Waals surface area contributed by atoms with Gasteiger partial charge in [0.05, 0.1) is 22.6 Å². The van der Waals surface area contributed by atoms with Gasteiger partial charge < -0.3 is 5.32 Å². The number of amides is 2. The van der Waals surface area contributed by atoms with E-state index in [4.69, 9.17) is 0 Å². The molecule has 5 rings (SSSR count). The summed E-state index contributed by atoms with van der Waals surface area (Å²) >= 11 is 0. The van der Waals surface area contributed by atoms with Crippen molar-refractivity contribution in [2.24, 2.45) is 7.05 Å². The van der Waals surface area contributed by atoms with Crippen LogP contribution in [-0.2, 0) is 18.9 Å². The van der Waals surface area contributed by atoms with Gasteiger partial charge in [-0.05, 0) is 53.9 Å². The smallest absolute Gasteiger partial charge is 0.305 e. The number of rotatable bonds is 5. The van der Waals surface area contributed by atoms with Gasteiger partial charge in [-0.15, -0.1) is 0 Å². The quantitative estimate of drug-likeness (QED) is 0.287. The predicted octanol–water partition coefficient (Wildman–Crippen LogP) is 5.26. The third-order valence-electron chi connectivity index (χ3n) is 6.32. The second-order valence-electron chi connectivity index (χ2n) is 10.3. The van der Waals surface area contributed by atoms with Gasteiger partial charge in [0.15, 0.2) is 5.65 Å². The number of nitrogens with one attached hydrogen (secondary N) is 3. The van der Waals surface area contributed by atoms with Crippen LogP contribution in [0.5, 0.6) is 0 Å². The molecule has 39 heavy (non-hydrogen) atoms. The highest BCUT2D eigenvalue weighted by Crippen LogP contribution is 2.27. The summed E-state index contributed by atoms with van der Waals surface area (Å²) in [5, 5.41) is 9.78. The number of nitrogens with zero attached hydrogens (tertiary/aromatic N) is 4. The topological polar surface area (TPSA) is 110 Å². The number of halogens is 2. The standard InChI is InChI=1S/C28H27F2N7O2/c1-28(2,3)22-15-23(37(35-22)19-7-5-6-18(29)14-19)33-26(38)32-21-9-8-16(13-20(21)30)12-17-10-11-31-25-24(17)36(4)27(39)34-25/h5-11,13-15H,12H2,1-4H3,(H,31,34,39)(H2,32,33,38). The van der Waals surface area contributed by atoms with Crippen molar-refractivity contribution in [2.45, 2.75) is 32.6 Å².